The van der Waals surface area contributed by atoms with Gasteiger partial charge >= 0.3 is 5.97 Å². The summed E-state index contributed by atoms with van der Waals surface area (Å²) in [5.41, 5.74) is 2.69. The Bertz CT molecular complexity index is 1170. The van der Waals surface area contributed by atoms with Crippen LogP contribution in [0.15, 0.2) is 72.8 Å². The summed E-state index contributed by atoms with van der Waals surface area (Å²) in [5, 5.41) is 18.2. The predicted molar refractivity (Wildman–Crippen MR) is 133 cm³/mol. The number of nitrogens with one attached hydrogen (secondary N) is 3. The van der Waals surface area contributed by atoms with Gasteiger partial charge in [-0.25, -0.2) is 4.79 Å². The highest BCUT2D eigenvalue weighted by molar-refractivity contribution is 6.11. The van der Waals surface area contributed by atoms with Crippen LogP contribution in [0.5, 0.6) is 0 Å². The molecule has 3 aromatic rings. The molecule has 0 bridgehead atoms. The topological polar surface area (TPSA) is 108 Å². The third kappa shape index (κ3) is 5.81. The molecule has 1 fully saturated rings. The van der Waals surface area contributed by atoms with Gasteiger partial charge in [0.05, 0.1) is 11.1 Å². The van der Waals surface area contributed by atoms with Gasteiger partial charge in [0.15, 0.2) is 0 Å². The first-order chi connectivity index (χ1) is 16.5. The van der Waals surface area contributed by atoms with E-state index >= 15 is 0 Å². The van der Waals surface area contributed by atoms with E-state index in [4.69, 9.17) is 5.11 Å². The quantitative estimate of drug-likeness (QED) is 0.368. The standard InChI is InChI=1S/C27H27N3O4/c31-25(29-22-14-11-18(12-15-22)27(33)34)19-13-16-24(28-20-7-3-1-4-8-20)23(17-19)26(32)30-21-9-5-2-6-10-21/h2,5-6,9-17,20,28H,1,3-4,7-8H2,(H,29,31)(H,30,32)(H,33,34). The second-order valence-electron chi connectivity index (χ2n) is 8.40. The number of hydrogen-bond donors (Lipinski definition) is 4. The van der Waals surface area contributed by atoms with Crippen molar-refractivity contribution in [2.75, 3.05) is 16.0 Å². The Balaban J connectivity index is 1.57. The van der Waals surface area contributed by atoms with Crippen molar-refractivity contribution >= 4 is 34.8 Å². The molecule has 4 N–H and O–H groups in total. The highest BCUT2D eigenvalue weighted by Crippen LogP contribution is 2.26. The number of carboxylic acids is 1. The van der Waals surface area contributed by atoms with Gasteiger partial charge in [-0.1, -0.05) is 37.5 Å². The molecular weight excluding hydrogens is 430 g/mol. The second-order valence-corrected chi connectivity index (χ2v) is 8.40. The molecule has 0 heterocycles. The molecule has 0 atom stereocenters. The van der Waals surface area contributed by atoms with Crippen molar-refractivity contribution in [3.8, 4) is 0 Å². The van der Waals surface area contributed by atoms with Crippen LogP contribution in [0.4, 0.5) is 17.1 Å². The summed E-state index contributed by atoms with van der Waals surface area (Å²) in [7, 11) is 0. The lowest BCUT2D eigenvalue weighted by Crippen LogP contribution is -2.25. The molecule has 0 unspecified atom stereocenters. The van der Waals surface area contributed by atoms with Crippen molar-refractivity contribution in [2.45, 2.75) is 38.1 Å². The molecular formula is C27H27N3O4. The Kier molecular flexibility index (Phi) is 7.22. The number of hydrogen-bond acceptors (Lipinski definition) is 4. The first kappa shape index (κ1) is 23.0. The van der Waals surface area contributed by atoms with Crippen LogP contribution in [0.3, 0.4) is 0 Å². The van der Waals surface area contributed by atoms with Gasteiger partial charge in [-0.3, -0.25) is 9.59 Å². The van der Waals surface area contributed by atoms with Gasteiger partial charge in [0.25, 0.3) is 11.8 Å². The van der Waals surface area contributed by atoms with E-state index in [1.807, 2.05) is 30.3 Å². The molecule has 0 radical (unpaired) electrons. The van der Waals surface area contributed by atoms with Crippen molar-refractivity contribution < 1.29 is 19.5 Å². The van der Waals surface area contributed by atoms with E-state index in [-0.39, 0.29) is 17.4 Å². The van der Waals surface area contributed by atoms with E-state index < -0.39 is 5.97 Å². The molecule has 2 amide bonds. The molecule has 1 aliphatic carbocycles. The number of amides is 2. The monoisotopic (exact) mass is 457 g/mol. The lowest BCUT2D eigenvalue weighted by Gasteiger charge is -2.25. The highest BCUT2D eigenvalue weighted by Gasteiger charge is 2.20. The van der Waals surface area contributed by atoms with Crippen LogP contribution in [0.1, 0.15) is 63.2 Å². The molecule has 0 spiro atoms. The van der Waals surface area contributed by atoms with Crippen LogP contribution in [-0.4, -0.2) is 28.9 Å². The van der Waals surface area contributed by atoms with E-state index in [0.717, 1.165) is 25.7 Å². The Morgan fingerprint density at radius 1 is 0.706 bits per heavy atom. The number of anilines is 3. The van der Waals surface area contributed by atoms with Crippen molar-refractivity contribution in [3.05, 3.63) is 89.5 Å². The van der Waals surface area contributed by atoms with Gasteiger partial charge in [-0.15, -0.1) is 0 Å². The molecule has 3 aromatic carbocycles. The summed E-state index contributed by atoms with van der Waals surface area (Å²) in [4.78, 5) is 37.1. The van der Waals surface area contributed by atoms with E-state index in [9.17, 15) is 14.4 Å². The van der Waals surface area contributed by atoms with Gasteiger partial charge in [0.2, 0.25) is 0 Å². The summed E-state index contributed by atoms with van der Waals surface area (Å²) in [6.45, 7) is 0. The third-order valence-corrected chi connectivity index (χ3v) is 5.91. The van der Waals surface area contributed by atoms with E-state index in [2.05, 4.69) is 16.0 Å². The molecule has 1 saturated carbocycles. The summed E-state index contributed by atoms with van der Waals surface area (Å²) >= 11 is 0. The molecule has 1 aliphatic rings. The summed E-state index contributed by atoms with van der Waals surface area (Å²) < 4.78 is 0. The van der Waals surface area contributed by atoms with E-state index in [1.165, 1.54) is 30.7 Å². The van der Waals surface area contributed by atoms with Gasteiger partial charge in [0, 0.05) is 28.7 Å². The summed E-state index contributed by atoms with van der Waals surface area (Å²) in [5.74, 6) is -1.72. The van der Waals surface area contributed by atoms with Crippen LogP contribution >= 0.6 is 0 Å². The maximum atomic E-state index is 13.2. The average Bonchev–Trinajstić information content (AvgIpc) is 2.86. The number of aromatic carboxylic acids is 1. The first-order valence-electron chi connectivity index (χ1n) is 11.4. The third-order valence-electron chi connectivity index (χ3n) is 5.91. The maximum Gasteiger partial charge on any atom is 0.335 e. The van der Waals surface area contributed by atoms with Crippen molar-refractivity contribution in [2.24, 2.45) is 0 Å². The lowest BCUT2D eigenvalue weighted by atomic mass is 9.94. The normalized spacial score (nSPS) is 13.6. The molecule has 34 heavy (non-hydrogen) atoms. The average molecular weight is 458 g/mol. The SMILES string of the molecule is O=C(O)c1ccc(NC(=O)c2ccc(NC3CCCCC3)c(C(=O)Nc3ccccc3)c2)cc1. The zero-order valence-electron chi connectivity index (χ0n) is 18.7. The fraction of sp³-hybridized carbons (Fsp3) is 0.222. The molecule has 0 aliphatic heterocycles. The Labute approximate surface area is 198 Å². The number of carbonyl (C=O) groups is 3. The molecule has 0 saturated heterocycles. The first-order valence-corrected chi connectivity index (χ1v) is 11.4. The number of carboxylic acid groups (broad SMARTS) is 1. The van der Waals surface area contributed by atoms with Crippen molar-refractivity contribution in [3.63, 3.8) is 0 Å². The second kappa shape index (κ2) is 10.7. The Morgan fingerprint density at radius 3 is 2.00 bits per heavy atom. The van der Waals surface area contributed by atoms with Crippen LogP contribution < -0.4 is 16.0 Å². The van der Waals surface area contributed by atoms with Crippen LogP contribution in [-0.2, 0) is 0 Å². The lowest BCUT2D eigenvalue weighted by molar-refractivity contribution is 0.0696. The molecule has 174 valence electrons. The van der Waals surface area contributed by atoms with Crippen molar-refractivity contribution in [1.29, 1.82) is 0 Å². The fourth-order valence-corrected chi connectivity index (χ4v) is 4.09. The van der Waals surface area contributed by atoms with Crippen LogP contribution in [0.2, 0.25) is 0 Å². The zero-order chi connectivity index (χ0) is 23.9. The Hall–Kier alpha value is -4.13. The van der Waals surface area contributed by atoms with Gasteiger partial charge in [-0.05, 0) is 67.4 Å². The molecule has 0 aromatic heterocycles. The van der Waals surface area contributed by atoms with Gasteiger partial charge in [-0.2, -0.15) is 0 Å². The van der Waals surface area contributed by atoms with Gasteiger partial charge < -0.3 is 21.1 Å². The maximum absolute atomic E-state index is 13.2. The number of benzene rings is 3. The fourth-order valence-electron chi connectivity index (χ4n) is 4.09. The molecule has 7 nitrogen and oxygen atoms in total. The Morgan fingerprint density at radius 2 is 1.32 bits per heavy atom. The summed E-state index contributed by atoms with van der Waals surface area (Å²) in [6, 6.07) is 20.4. The minimum Gasteiger partial charge on any atom is -0.478 e. The molecule has 4 rings (SSSR count). The van der Waals surface area contributed by atoms with Crippen molar-refractivity contribution in [1.82, 2.24) is 0 Å². The van der Waals surface area contributed by atoms with E-state index in [0.29, 0.717) is 34.2 Å². The van der Waals surface area contributed by atoms with Crippen LogP contribution in [0.25, 0.3) is 0 Å². The van der Waals surface area contributed by atoms with Gasteiger partial charge in [0.1, 0.15) is 0 Å². The molecule has 7 heteroatoms. The number of rotatable bonds is 7. The number of para-hydroxylation sites is 1. The zero-order valence-corrected chi connectivity index (χ0v) is 18.7. The van der Waals surface area contributed by atoms with Crippen LogP contribution in [0, 0.1) is 0 Å². The summed E-state index contributed by atoms with van der Waals surface area (Å²) in [6.07, 6.45) is 5.64. The predicted octanol–water partition coefficient (Wildman–Crippen LogP) is 5.63. The highest BCUT2D eigenvalue weighted by atomic mass is 16.4. The largest absolute Gasteiger partial charge is 0.478 e. The smallest absolute Gasteiger partial charge is 0.335 e. The number of carbonyl (C=O) groups excluding carboxylic acids is 2. The van der Waals surface area contributed by atoms with E-state index in [1.54, 1.807) is 18.2 Å². The minimum absolute atomic E-state index is 0.135. The minimum atomic E-state index is -1.03.